The van der Waals surface area contributed by atoms with Crippen LogP contribution < -0.4 is 0 Å². The fourth-order valence-electron chi connectivity index (χ4n) is 0. The maximum absolute atomic E-state index is 11.0. The predicted molar refractivity (Wildman–Crippen MR) is 113 cm³/mol. The van der Waals surface area contributed by atoms with Crippen LogP contribution in [0.25, 0.3) is 0 Å². The van der Waals surface area contributed by atoms with Crippen LogP contribution >= 0.6 is 0 Å². The normalized spacial score (nSPS) is 7.27. The number of nitro groups is 1. The molecule has 7 heteroatoms. The van der Waals surface area contributed by atoms with Gasteiger partial charge < -0.3 is 4.74 Å². The van der Waals surface area contributed by atoms with Crippen molar-refractivity contribution < 1.29 is 18.4 Å². The Balaban J connectivity index is -0.0000000245. The second-order valence-electron chi connectivity index (χ2n) is 5.40. The summed E-state index contributed by atoms with van der Waals surface area (Å²) in [6.07, 6.45) is 0. The summed E-state index contributed by atoms with van der Waals surface area (Å²) in [6.45, 7) is 23.9. The molecule has 0 bridgehead atoms. The lowest BCUT2D eigenvalue weighted by molar-refractivity contribution is -0.445. The number of alkyl halides is 2. The number of methoxy groups -OCH3 is 1. The van der Waals surface area contributed by atoms with Crippen LogP contribution in [0.1, 0.15) is 90.0 Å². The Bertz CT molecular complexity index is 204. The number of nitriles is 1. The van der Waals surface area contributed by atoms with E-state index in [0.717, 1.165) is 20.9 Å². The highest BCUT2D eigenvalue weighted by molar-refractivity contribution is 4.51. The molecular weight excluding hydrogens is 342 g/mol. The van der Waals surface area contributed by atoms with Crippen LogP contribution in [0.5, 0.6) is 0 Å². The van der Waals surface area contributed by atoms with Gasteiger partial charge in [-0.25, -0.2) is 8.78 Å². The van der Waals surface area contributed by atoms with Crippen LogP contribution in [0.2, 0.25) is 0 Å². The van der Waals surface area contributed by atoms with Crippen molar-refractivity contribution in [2.75, 3.05) is 21.3 Å². The van der Waals surface area contributed by atoms with Gasteiger partial charge in [0.1, 0.15) is 0 Å². The molecule has 0 aliphatic heterocycles. The van der Waals surface area contributed by atoms with Crippen molar-refractivity contribution in [1.29, 1.82) is 5.26 Å². The molecule has 0 saturated heterocycles. The molecule has 0 aromatic carbocycles. The molecule has 0 atom stereocenters. The monoisotopic (exact) mass is 390 g/mol. The van der Waals surface area contributed by atoms with E-state index in [2.05, 4.69) is 32.4 Å². The Morgan fingerprint density at radius 2 is 0.885 bits per heavy atom. The van der Waals surface area contributed by atoms with Gasteiger partial charge in [-0.15, -0.1) is 0 Å². The van der Waals surface area contributed by atoms with Crippen LogP contribution in [-0.2, 0) is 4.74 Å². The standard InChI is InChI=1S/C5H12.C3H6F2.C2H3N.C2H6O.3C2H6.CH3NO2/c1-5(2,3)4;1-3(2,4)5;1-2-3;1-3-2;3*1-2;1-2(3)4/h1-4H3;1-2H3;1H3;1-2H3;3*1-2H3;1H3. The molecule has 0 heterocycles. The van der Waals surface area contributed by atoms with Crippen molar-refractivity contribution >= 4 is 0 Å². The zero-order valence-electron chi connectivity index (χ0n) is 20.4. The SMILES string of the molecule is CC.CC.CC.CC#N.CC(C)(C)C.CC(C)(F)F.COC.C[N+](=O)[O-]. The van der Waals surface area contributed by atoms with Crippen molar-refractivity contribution in [3.8, 4) is 6.07 Å². The molecular formula is C19H48F2N2O3. The first-order valence-electron chi connectivity index (χ1n) is 8.73. The molecule has 26 heavy (non-hydrogen) atoms. The van der Waals surface area contributed by atoms with Gasteiger partial charge in [-0.3, -0.25) is 10.1 Å². The fraction of sp³-hybridized carbons (Fsp3) is 0.947. The minimum absolute atomic E-state index is 0.500. The van der Waals surface area contributed by atoms with Gasteiger partial charge >= 0.3 is 0 Å². The molecule has 0 N–H and O–H groups in total. The van der Waals surface area contributed by atoms with Crippen molar-refractivity contribution in [2.45, 2.75) is 95.9 Å². The van der Waals surface area contributed by atoms with Gasteiger partial charge in [-0.1, -0.05) is 69.2 Å². The summed E-state index contributed by atoms with van der Waals surface area (Å²) in [6, 6.07) is 1.75. The highest BCUT2D eigenvalue weighted by Gasteiger charge is 2.08. The van der Waals surface area contributed by atoms with E-state index in [1.165, 1.54) is 6.92 Å². The molecule has 0 radical (unpaired) electrons. The summed E-state index contributed by atoms with van der Waals surface area (Å²) in [5.41, 5.74) is 0.500. The van der Waals surface area contributed by atoms with Gasteiger partial charge in [-0.2, -0.15) is 5.26 Å². The average molecular weight is 391 g/mol. The van der Waals surface area contributed by atoms with Crippen molar-refractivity contribution in [3.63, 3.8) is 0 Å². The maximum Gasteiger partial charge on any atom is 0.242 e. The first-order valence-corrected chi connectivity index (χ1v) is 8.73. The first kappa shape index (κ1) is 49.7. The summed E-state index contributed by atoms with van der Waals surface area (Å²) in [5, 5.41) is 16.1. The molecule has 0 aromatic heterocycles. The Kier molecular flexibility index (Phi) is 94.8. The van der Waals surface area contributed by atoms with Gasteiger partial charge in [0.25, 0.3) is 0 Å². The van der Waals surface area contributed by atoms with E-state index >= 15 is 0 Å². The van der Waals surface area contributed by atoms with Gasteiger partial charge in [0.05, 0.1) is 6.07 Å². The van der Waals surface area contributed by atoms with Crippen LogP contribution in [0.15, 0.2) is 0 Å². The van der Waals surface area contributed by atoms with Crippen molar-refractivity contribution in [2.24, 2.45) is 5.41 Å². The lowest BCUT2D eigenvalue weighted by Gasteiger charge is -2.05. The lowest BCUT2D eigenvalue weighted by atomic mass is 10.0. The highest BCUT2D eigenvalue weighted by Crippen LogP contribution is 2.08. The Hall–Kier alpha value is -1.29. The number of nitrogens with zero attached hydrogens (tertiary/aromatic N) is 2. The fourth-order valence-corrected chi connectivity index (χ4v) is 0. The van der Waals surface area contributed by atoms with E-state index in [9.17, 15) is 8.78 Å². The number of hydrogen-bond acceptors (Lipinski definition) is 4. The lowest BCUT2D eigenvalue weighted by Crippen LogP contribution is -1.98. The van der Waals surface area contributed by atoms with Crippen LogP contribution in [0.4, 0.5) is 8.78 Å². The molecule has 0 aliphatic rings. The molecule has 0 fully saturated rings. The third kappa shape index (κ3) is 6430. The number of rotatable bonds is 0. The number of halogens is 2. The molecule has 0 saturated carbocycles. The second kappa shape index (κ2) is 49.5. The van der Waals surface area contributed by atoms with Gasteiger partial charge in [0.2, 0.25) is 5.92 Å². The Morgan fingerprint density at radius 1 is 0.885 bits per heavy atom. The highest BCUT2D eigenvalue weighted by atomic mass is 19.3. The number of ether oxygens (including phenoxy) is 1. The minimum atomic E-state index is -2.50. The summed E-state index contributed by atoms with van der Waals surface area (Å²) in [4.78, 5) is 8.31. The van der Waals surface area contributed by atoms with E-state index in [1.54, 1.807) is 20.3 Å². The smallest absolute Gasteiger partial charge is 0.242 e. The van der Waals surface area contributed by atoms with E-state index in [1.807, 2.05) is 41.5 Å². The van der Waals surface area contributed by atoms with E-state index in [0.29, 0.717) is 5.41 Å². The largest absolute Gasteiger partial charge is 0.388 e. The third-order valence-corrected chi connectivity index (χ3v) is 0. The molecule has 0 rings (SSSR count). The van der Waals surface area contributed by atoms with E-state index in [-0.39, 0.29) is 0 Å². The molecule has 0 unspecified atom stereocenters. The third-order valence-electron chi connectivity index (χ3n) is 0. The summed E-state index contributed by atoms with van der Waals surface area (Å²) in [5.74, 6) is -2.50. The maximum atomic E-state index is 11.0. The molecule has 0 aliphatic carbocycles. The molecule has 5 nitrogen and oxygen atoms in total. The Morgan fingerprint density at radius 3 is 0.885 bits per heavy atom. The van der Waals surface area contributed by atoms with Crippen LogP contribution in [0, 0.1) is 26.9 Å². The van der Waals surface area contributed by atoms with E-state index < -0.39 is 10.8 Å². The summed E-state index contributed by atoms with van der Waals surface area (Å²) in [7, 11) is 4.14. The topological polar surface area (TPSA) is 76.2 Å². The summed E-state index contributed by atoms with van der Waals surface area (Å²) >= 11 is 0. The molecule has 166 valence electrons. The van der Waals surface area contributed by atoms with Gasteiger partial charge in [0, 0.05) is 26.1 Å². The predicted octanol–water partition coefficient (Wildman–Crippen LogP) is 7.48. The van der Waals surface area contributed by atoms with Gasteiger partial charge in [0.15, 0.2) is 7.05 Å². The molecule has 0 spiro atoms. The van der Waals surface area contributed by atoms with Gasteiger partial charge in [-0.05, 0) is 19.3 Å². The van der Waals surface area contributed by atoms with Crippen LogP contribution in [-0.4, -0.2) is 32.1 Å². The van der Waals surface area contributed by atoms with E-state index in [4.69, 9.17) is 15.4 Å². The first-order chi connectivity index (χ1) is 11.6. The zero-order valence-corrected chi connectivity index (χ0v) is 20.4. The Labute approximate surface area is 163 Å². The quantitative estimate of drug-likeness (QED) is 0.317. The molecule has 0 amide bonds. The van der Waals surface area contributed by atoms with Crippen molar-refractivity contribution in [3.05, 3.63) is 10.1 Å². The zero-order chi connectivity index (χ0) is 24.0. The molecule has 0 aromatic rings. The second-order valence-corrected chi connectivity index (χ2v) is 5.40. The van der Waals surface area contributed by atoms with Crippen molar-refractivity contribution in [1.82, 2.24) is 0 Å². The average Bonchev–Trinajstić information content (AvgIpc) is 2.42. The van der Waals surface area contributed by atoms with Crippen LogP contribution in [0.3, 0.4) is 0 Å². The minimum Gasteiger partial charge on any atom is -0.388 e. The summed E-state index contributed by atoms with van der Waals surface area (Å²) < 4.78 is 26.3. The number of hydrogen-bond donors (Lipinski definition) is 0.